The maximum absolute atomic E-state index is 14.7. The van der Waals surface area contributed by atoms with Crippen molar-refractivity contribution in [2.45, 2.75) is 46.6 Å². The highest BCUT2D eigenvalue weighted by atomic mass is 19.1. The van der Waals surface area contributed by atoms with Gasteiger partial charge >= 0.3 is 0 Å². The van der Waals surface area contributed by atoms with Crippen LogP contribution in [0.4, 0.5) is 4.39 Å². The van der Waals surface area contributed by atoms with Crippen molar-refractivity contribution in [1.29, 1.82) is 0 Å². The lowest BCUT2D eigenvalue weighted by atomic mass is 9.95. The third-order valence-corrected chi connectivity index (χ3v) is 5.16. The van der Waals surface area contributed by atoms with E-state index in [0.29, 0.717) is 34.5 Å². The Hall–Kier alpha value is -2.93. The van der Waals surface area contributed by atoms with Crippen molar-refractivity contribution >= 4 is 11.8 Å². The number of amides is 2. The summed E-state index contributed by atoms with van der Waals surface area (Å²) in [6.07, 6.45) is 1.89. The molecular weight excluding hydrogens is 411 g/mol. The zero-order valence-electron chi connectivity index (χ0n) is 19.3. The largest absolute Gasteiger partial charge is 0.467 e. The molecule has 0 aliphatic heterocycles. The van der Waals surface area contributed by atoms with Crippen LogP contribution in [0, 0.1) is 18.2 Å². The molecule has 0 radical (unpaired) electrons. The van der Waals surface area contributed by atoms with E-state index in [-0.39, 0.29) is 35.6 Å². The van der Waals surface area contributed by atoms with Gasteiger partial charge in [0.15, 0.2) is 6.79 Å². The second-order valence-corrected chi connectivity index (χ2v) is 9.38. The van der Waals surface area contributed by atoms with E-state index in [4.69, 9.17) is 9.47 Å². The van der Waals surface area contributed by atoms with Gasteiger partial charge in [0, 0.05) is 36.4 Å². The van der Waals surface area contributed by atoms with Crippen LogP contribution in [0.25, 0.3) is 11.1 Å². The fourth-order valence-electron chi connectivity index (χ4n) is 3.16. The molecule has 0 saturated heterocycles. The summed E-state index contributed by atoms with van der Waals surface area (Å²) in [5.41, 5.74) is 2.11. The van der Waals surface area contributed by atoms with Gasteiger partial charge in [0.05, 0.1) is 0 Å². The second kappa shape index (κ2) is 9.69. The molecule has 0 atom stereocenters. The molecule has 3 rings (SSSR count). The minimum absolute atomic E-state index is 0.0382. The zero-order chi connectivity index (χ0) is 23.5. The van der Waals surface area contributed by atoms with Crippen molar-refractivity contribution in [2.24, 2.45) is 5.41 Å². The number of nitrogens with one attached hydrogen (secondary N) is 2. The predicted octanol–water partition coefficient (Wildman–Crippen LogP) is 4.45. The Morgan fingerprint density at radius 2 is 1.78 bits per heavy atom. The molecule has 1 aliphatic rings. The van der Waals surface area contributed by atoms with E-state index in [1.54, 1.807) is 31.2 Å². The molecule has 32 heavy (non-hydrogen) atoms. The number of ether oxygens (including phenoxy) is 2. The Kier molecular flexibility index (Phi) is 7.19. The van der Waals surface area contributed by atoms with Crippen LogP contribution in [0.15, 0.2) is 30.3 Å². The molecule has 6 nitrogen and oxygen atoms in total. The number of halogens is 1. The number of carbonyl (C=O) groups is 2. The van der Waals surface area contributed by atoms with Gasteiger partial charge < -0.3 is 20.1 Å². The molecule has 2 N–H and O–H groups in total. The summed E-state index contributed by atoms with van der Waals surface area (Å²) in [6, 6.07) is 8.07. The van der Waals surface area contributed by atoms with Gasteiger partial charge in [-0.15, -0.1) is 0 Å². The molecule has 0 heterocycles. The Bertz CT molecular complexity index is 1010. The van der Waals surface area contributed by atoms with E-state index < -0.39 is 5.82 Å². The van der Waals surface area contributed by atoms with Crippen molar-refractivity contribution in [3.63, 3.8) is 0 Å². The molecule has 172 valence electrons. The zero-order valence-corrected chi connectivity index (χ0v) is 19.3. The van der Waals surface area contributed by atoms with Crippen LogP contribution >= 0.6 is 0 Å². The number of rotatable bonds is 8. The summed E-state index contributed by atoms with van der Waals surface area (Å²) in [4.78, 5) is 25.1. The Morgan fingerprint density at radius 3 is 2.41 bits per heavy atom. The predicted molar refractivity (Wildman–Crippen MR) is 121 cm³/mol. The maximum atomic E-state index is 14.7. The lowest BCUT2D eigenvalue weighted by Gasteiger charge is -2.19. The highest BCUT2D eigenvalue weighted by molar-refractivity contribution is 5.98. The van der Waals surface area contributed by atoms with Gasteiger partial charge in [0.1, 0.15) is 11.6 Å². The highest BCUT2D eigenvalue weighted by Crippen LogP contribution is 2.35. The van der Waals surface area contributed by atoms with Crippen molar-refractivity contribution in [3.8, 4) is 16.9 Å². The standard InChI is InChI=1S/C25H31FN2O4/c1-15-20(10-17(11-21(15)26)24(30)28-18-7-8-18)19-9-6-16(12-22(19)32-14-31-5)23(29)27-13-25(2,3)4/h6,9-12,18H,7-8,13-14H2,1-5H3,(H,27,29)(H,28,30). The summed E-state index contributed by atoms with van der Waals surface area (Å²) >= 11 is 0. The van der Waals surface area contributed by atoms with E-state index in [2.05, 4.69) is 10.6 Å². The van der Waals surface area contributed by atoms with Crippen LogP contribution in [0.1, 0.15) is 59.9 Å². The summed E-state index contributed by atoms with van der Waals surface area (Å²) in [6.45, 7) is 8.23. The van der Waals surface area contributed by atoms with Crippen LogP contribution in [-0.2, 0) is 4.74 Å². The molecule has 0 bridgehead atoms. The highest BCUT2D eigenvalue weighted by Gasteiger charge is 2.25. The minimum atomic E-state index is -0.479. The van der Waals surface area contributed by atoms with Gasteiger partial charge in [0.2, 0.25) is 0 Å². The number of methoxy groups -OCH3 is 1. The van der Waals surface area contributed by atoms with Gasteiger partial charge in [-0.2, -0.15) is 0 Å². The van der Waals surface area contributed by atoms with E-state index in [0.717, 1.165) is 12.8 Å². The molecule has 1 fully saturated rings. The Labute approximate surface area is 188 Å². The lowest BCUT2D eigenvalue weighted by molar-refractivity contribution is 0.0514. The van der Waals surface area contributed by atoms with E-state index in [1.807, 2.05) is 20.8 Å². The van der Waals surface area contributed by atoms with Crippen LogP contribution in [0.2, 0.25) is 0 Å². The minimum Gasteiger partial charge on any atom is -0.467 e. The van der Waals surface area contributed by atoms with Crippen molar-refractivity contribution < 1.29 is 23.5 Å². The molecule has 0 spiro atoms. The van der Waals surface area contributed by atoms with E-state index in [1.165, 1.54) is 13.2 Å². The van der Waals surface area contributed by atoms with Gasteiger partial charge in [-0.05, 0) is 66.6 Å². The molecule has 1 aliphatic carbocycles. The average Bonchev–Trinajstić information content (AvgIpc) is 3.55. The Morgan fingerprint density at radius 1 is 1.06 bits per heavy atom. The molecule has 1 saturated carbocycles. The maximum Gasteiger partial charge on any atom is 0.251 e. The van der Waals surface area contributed by atoms with Crippen molar-refractivity contribution in [3.05, 3.63) is 52.8 Å². The molecule has 2 amide bonds. The average molecular weight is 443 g/mol. The van der Waals surface area contributed by atoms with Crippen molar-refractivity contribution in [1.82, 2.24) is 10.6 Å². The Balaban J connectivity index is 1.97. The van der Waals surface area contributed by atoms with Gasteiger partial charge in [-0.3, -0.25) is 9.59 Å². The normalized spacial score (nSPS) is 13.6. The molecular formula is C25H31FN2O4. The van der Waals surface area contributed by atoms with Gasteiger partial charge in [0.25, 0.3) is 11.8 Å². The molecule has 2 aromatic rings. The lowest BCUT2D eigenvalue weighted by Crippen LogP contribution is -2.32. The fraction of sp³-hybridized carbons (Fsp3) is 0.440. The van der Waals surface area contributed by atoms with Gasteiger partial charge in [-0.1, -0.05) is 20.8 Å². The first-order valence-electron chi connectivity index (χ1n) is 10.7. The third kappa shape index (κ3) is 6.07. The number of hydrogen-bond acceptors (Lipinski definition) is 4. The summed E-state index contributed by atoms with van der Waals surface area (Å²) < 4.78 is 25.5. The monoisotopic (exact) mass is 442 g/mol. The fourth-order valence-corrected chi connectivity index (χ4v) is 3.16. The molecule has 0 aromatic heterocycles. The van der Waals surface area contributed by atoms with Gasteiger partial charge in [-0.25, -0.2) is 4.39 Å². The summed E-state index contributed by atoms with van der Waals surface area (Å²) in [5.74, 6) is -0.634. The van der Waals surface area contributed by atoms with E-state index >= 15 is 0 Å². The van der Waals surface area contributed by atoms with Crippen LogP contribution < -0.4 is 15.4 Å². The van der Waals surface area contributed by atoms with E-state index in [9.17, 15) is 14.0 Å². The number of carbonyl (C=O) groups excluding carboxylic acids is 2. The van der Waals surface area contributed by atoms with Crippen LogP contribution in [0.5, 0.6) is 5.75 Å². The topological polar surface area (TPSA) is 76.7 Å². The number of benzene rings is 2. The third-order valence-electron chi connectivity index (χ3n) is 5.16. The first-order valence-corrected chi connectivity index (χ1v) is 10.7. The molecule has 2 aromatic carbocycles. The van der Waals surface area contributed by atoms with Crippen LogP contribution in [0.3, 0.4) is 0 Å². The summed E-state index contributed by atoms with van der Waals surface area (Å²) in [7, 11) is 1.49. The number of hydrogen-bond donors (Lipinski definition) is 2. The SMILES string of the molecule is COCOc1cc(C(=O)NCC(C)(C)C)ccc1-c1cc(C(=O)NC2CC2)cc(F)c1C. The first kappa shape index (κ1) is 23.7. The quantitative estimate of drug-likeness (QED) is 0.592. The van der Waals surface area contributed by atoms with Crippen molar-refractivity contribution in [2.75, 3.05) is 20.4 Å². The molecule has 0 unspecified atom stereocenters. The second-order valence-electron chi connectivity index (χ2n) is 9.38. The summed E-state index contributed by atoms with van der Waals surface area (Å²) in [5, 5.41) is 5.80. The van der Waals surface area contributed by atoms with Crippen LogP contribution in [-0.4, -0.2) is 38.3 Å². The first-order chi connectivity index (χ1) is 15.1. The molecule has 7 heteroatoms. The smallest absolute Gasteiger partial charge is 0.251 e.